The zero-order valence-electron chi connectivity index (χ0n) is 35.8. The fourth-order valence-corrected chi connectivity index (χ4v) is 7.90. The molecule has 4 aliphatic heterocycles. The Balaban J connectivity index is 1.55. The number of nitrogens with two attached hydrogens (primary N) is 1. The van der Waals surface area contributed by atoms with Crippen LogP contribution in [-0.4, -0.2) is 235 Å². The minimum atomic E-state index is -2.54. The van der Waals surface area contributed by atoms with Crippen molar-refractivity contribution in [2.24, 2.45) is 5.84 Å². The lowest BCUT2D eigenvalue weighted by atomic mass is 9.92. The first-order chi connectivity index (χ1) is 30.7. The standard InChI is InChI=1S/C36H64N6O23/c1-11-18(38-12(2)45)26(20(49)14(9-43)59-11)61-36-25(54)23(52)29(31(65-36)33(56)57)63-34-19(39-13(3)46)27(21(50)15(10-44)60-34)62-35-24(53)22(51)28(58-4)30(64-35)32(55)42-41-17(48)8-6-5-7-16(47)40-37/h11,14-15,18-36,42-44,49-57H,5-10,37H2,1-4H3,(H,38,45)(H,39,46)(H,40,47)(H,41,48). The van der Waals surface area contributed by atoms with Gasteiger partial charge in [-0.05, 0) is 19.8 Å². The van der Waals surface area contributed by atoms with Gasteiger partial charge in [0, 0.05) is 33.8 Å². The summed E-state index contributed by atoms with van der Waals surface area (Å²) in [5.74, 6) is 2.57. The number of unbranched alkanes of at least 4 members (excludes halogenated alkanes) is 1. The van der Waals surface area contributed by atoms with Crippen molar-refractivity contribution < 1.29 is 113 Å². The molecule has 65 heavy (non-hydrogen) atoms. The molecular weight excluding hydrogens is 884 g/mol. The predicted octanol–water partition coefficient (Wildman–Crippen LogP) is -9.92. The lowest BCUT2D eigenvalue weighted by Gasteiger charge is -2.51. The lowest BCUT2D eigenvalue weighted by Crippen LogP contribution is -2.71. The molecule has 4 heterocycles. The highest BCUT2D eigenvalue weighted by Gasteiger charge is 2.57. The Hall–Kier alpha value is -2.96. The van der Waals surface area contributed by atoms with Crippen LogP contribution in [0.5, 0.6) is 0 Å². The third-order valence-corrected chi connectivity index (χ3v) is 11.2. The quantitative estimate of drug-likeness (QED) is 0.0177. The van der Waals surface area contributed by atoms with E-state index in [1.165, 1.54) is 6.92 Å². The smallest absolute Gasteiger partial charge is 0.234 e. The molecule has 29 heteroatoms. The highest BCUT2D eigenvalue weighted by Crippen LogP contribution is 2.35. The average molecular weight is 949 g/mol. The third kappa shape index (κ3) is 13.6. The van der Waals surface area contributed by atoms with E-state index in [0.29, 0.717) is 6.42 Å². The molecule has 21 unspecified atom stereocenters. The van der Waals surface area contributed by atoms with E-state index in [-0.39, 0.29) is 19.3 Å². The van der Waals surface area contributed by atoms with Crippen LogP contribution in [0.15, 0.2) is 0 Å². The molecule has 4 saturated heterocycles. The van der Waals surface area contributed by atoms with E-state index in [1.54, 1.807) is 0 Å². The fraction of sp³-hybridized carbons (Fsp3) is 0.889. The van der Waals surface area contributed by atoms with Gasteiger partial charge in [-0.1, -0.05) is 0 Å². The molecule has 0 aromatic heterocycles. The zero-order valence-corrected chi connectivity index (χ0v) is 35.8. The number of hydrogen-bond donors (Lipinski definition) is 17. The number of ether oxygens (including phenoxy) is 8. The number of amides is 4. The van der Waals surface area contributed by atoms with Crippen molar-refractivity contribution in [1.29, 1.82) is 0 Å². The number of aliphatic hydroxyl groups excluding tert-OH is 10. The molecule has 0 radical (unpaired) electrons. The van der Waals surface area contributed by atoms with E-state index in [4.69, 9.17) is 43.7 Å². The highest BCUT2D eigenvalue weighted by molar-refractivity contribution is 5.76. The van der Waals surface area contributed by atoms with Gasteiger partial charge in [-0.25, -0.2) is 11.3 Å². The van der Waals surface area contributed by atoms with Crippen LogP contribution < -0.4 is 32.8 Å². The number of methoxy groups -OCH3 is 1. The Bertz CT molecular complexity index is 1540. The largest absolute Gasteiger partial charge is 0.394 e. The first kappa shape index (κ1) is 54.6. The van der Waals surface area contributed by atoms with E-state index in [2.05, 4.69) is 21.5 Å². The molecule has 4 fully saturated rings. The van der Waals surface area contributed by atoms with Gasteiger partial charge >= 0.3 is 0 Å². The molecule has 0 bridgehead atoms. The average Bonchev–Trinajstić information content (AvgIpc) is 3.26. The summed E-state index contributed by atoms with van der Waals surface area (Å²) in [4.78, 5) is 48.4. The van der Waals surface area contributed by atoms with Gasteiger partial charge in [0.2, 0.25) is 23.6 Å². The Morgan fingerprint density at radius 2 is 1.09 bits per heavy atom. The lowest BCUT2D eigenvalue weighted by molar-refractivity contribution is -0.384. The predicted molar refractivity (Wildman–Crippen MR) is 207 cm³/mol. The van der Waals surface area contributed by atoms with E-state index in [1.807, 2.05) is 5.43 Å². The van der Waals surface area contributed by atoms with Crippen LogP contribution >= 0.6 is 0 Å². The fourth-order valence-electron chi connectivity index (χ4n) is 7.90. The summed E-state index contributed by atoms with van der Waals surface area (Å²) in [6.07, 6.45) is -36.1. The van der Waals surface area contributed by atoms with Crippen LogP contribution in [0.25, 0.3) is 0 Å². The number of nitrogens with one attached hydrogen (secondary N) is 5. The van der Waals surface area contributed by atoms with Crippen molar-refractivity contribution in [2.75, 3.05) is 20.3 Å². The van der Waals surface area contributed by atoms with Crippen LogP contribution in [0.2, 0.25) is 0 Å². The molecule has 29 nitrogen and oxygen atoms in total. The second kappa shape index (κ2) is 24.9. The summed E-state index contributed by atoms with van der Waals surface area (Å²) < 4.78 is 45.7. The van der Waals surface area contributed by atoms with Crippen molar-refractivity contribution >= 4 is 23.6 Å². The van der Waals surface area contributed by atoms with Crippen LogP contribution in [0.3, 0.4) is 0 Å². The van der Waals surface area contributed by atoms with Crippen LogP contribution in [-0.2, 0) is 57.1 Å². The minimum absolute atomic E-state index is 0.0611. The third-order valence-electron chi connectivity index (χ3n) is 11.2. The first-order valence-electron chi connectivity index (χ1n) is 20.7. The van der Waals surface area contributed by atoms with Crippen LogP contribution in [0, 0.1) is 0 Å². The topological polar surface area (TPSA) is 451 Å². The minimum Gasteiger partial charge on any atom is -0.394 e. The Morgan fingerprint density at radius 1 is 0.615 bits per heavy atom. The Morgan fingerprint density at radius 3 is 1.60 bits per heavy atom. The molecule has 0 saturated carbocycles. The molecular formula is C36H64N6O23. The van der Waals surface area contributed by atoms with E-state index >= 15 is 0 Å². The van der Waals surface area contributed by atoms with Gasteiger partial charge in [0.1, 0.15) is 97.7 Å². The molecule has 0 aliphatic carbocycles. The van der Waals surface area contributed by atoms with Crippen molar-refractivity contribution in [1.82, 2.24) is 26.9 Å². The molecule has 4 aliphatic rings. The number of carbonyl (C=O) groups is 4. The van der Waals surface area contributed by atoms with Crippen LogP contribution in [0.1, 0.15) is 46.5 Å². The molecule has 0 aromatic rings. The summed E-state index contributed by atoms with van der Waals surface area (Å²) in [6.45, 7) is 2.00. The molecule has 21 atom stereocenters. The van der Waals surface area contributed by atoms with Crippen molar-refractivity contribution in [3.63, 3.8) is 0 Å². The molecule has 4 rings (SSSR count). The summed E-state index contributed by atoms with van der Waals surface area (Å²) in [6, 6.07) is -2.86. The molecule has 376 valence electrons. The van der Waals surface area contributed by atoms with Gasteiger partial charge in [-0.3, -0.25) is 30.0 Å². The van der Waals surface area contributed by atoms with Crippen molar-refractivity contribution in [3.8, 4) is 0 Å². The van der Waals surface area contributed by atoms with Gasteiger partial charge in [0.05, 0.1) is 25.4 Å². The van der Waals surface area contributed by atoms with E-state index < -0.39 is 172 Å². The van der Waals surface area contributed by atoms with Crippen molar-refractivity contribution in [3.05, 3.63) is 0 Å². The SMILES string of the molecule is COC1C(O)C(O)C(OC2C(O)C(CO)OC(OC3C(O)C(O)C(OC4C(O)C(CO)OC(C)C4NC(C)=O)OC3C(O)O)C2NC(C)=O)OC1C(O)NNC(=O)CCCCC(=O)NN. The van der Waals surface area contributed by atoms with Gasteiger partial charge in [0.25, 0.3) is 0 Å². The van der Waals surface area contributed by atoms with Gasteiger partial charge in [-0.15, -0.1) is 0 Å². The van der Waals surface area contributed by atoms with Gasteiger partial charge < -0.3 is 105 Å². The number of rotatable bonds is 20. The maximum absolute atomic E-state index is 12.6. The first-order valence-corrected chi connectivity index (χ1v) is 20.7. The maximum atomic E-state index is 12.6. The highest BCUT2D eigenvalue weighted by atomic mass is 16.8. The van der Waals surface area contributed by atoms with E-state index in [9.17, 15) is 75.3 Å². The molecule has 0 spiro atoms. The van der Waals surface area contributed by atoms with Gasteiger partial charge in [0.15, 0.2) is 25.2 Å². The summed E-state index contributed by atoms with van der Waals surface area (Å²) in [5.41, 5.74) is 6.48. The second-order valence-electron chi connectivity index (χ2n) is 16.0. The second-order valence-corrected chi connectivity index (χ2v) is 16.0. The van der Waals surface area contributed by atoms with E-state index in [0.717, 1.165) is 21.0 Å². The van der Waals surface area contributed by atoms with Crippen molar-refractivity contribution in [2.45, 2.75) is 181 Å². The number of carbonyl (C=O) groups excluding carboxylic acids is 4. The molecule has 0 aromatic carbocycles. The van der Waals surface area contributed by atoms with Crippen LogP contribution in [0.4, 0.5) is 0 Å². The van der Waals surface area contributed by atoms with Gasteiger partial charge in [-0.2, -0.15) is 0 Å². The number of hydrazine groups is 2. The summed E-state index contributed by atoms with van der Waals surface area (Å²) in [5, 5.41) is 124. The Kier molecular flexibility index (Phi) is 20.9. The number of aliphatic hydroxyl groups is 11. The summed E-state index contributed by atoms with van der Waals surface area (Å²) >= 11 is 0. The Labute approximate surface area is 371 Å². The zero-order chi connectivity index (χ0) is 48.4. The number of hydrogen-bond acceptors (Lipinski definition) is 25. The maximum Gasteiger partial charge on any atom is 0.234 e. The monoisotopic (exact) mass is 948 g/mol. The normalized spacial score (nSPS) is 40.4. The molecule has 18 N–H and O–H groups in total. The summed E-state index contributed by atoms with van der Waals surface area (Å²) in [7, 11) is 1.11. The molecule has 4 amide bonds.